The lowest BCUT2D eigenvalue weighted by Crippen LogP contribution is -2.18. The van der Waals surface area contributed by atoms with Gasteiger partial charge in [-0.2, -0.15) is 0 Å². The summed E-state index contributed by atoms with van der Waals surface area (Å²) in [5, 5.41) is 1.49. The molecule has 0 N–H and O–H groups in total. The molecule has 0 aromatic heterocycles. The van der Waals surface area contributed by atoms with Crippen molar-refractivity contribution in [1.29, 1.82) is 0 Å². The highest BCUT2D eigenvalue weighted by atomic mass is 16.5. The predicted molar refractivity (Wildman–Crippen MR) is 103 cm³/mol. The molecule has 0 radical (unpaired) electrons. The Morgan fingerprint density at radius 3 is 2.04 bits per heavy atom. The van der Waals surface area contributed by atoms with Gasteiger partial charge in [-0.3, -0.25) is 4.79 Å². The van der Waals surface area contributed by atoms with E-state index < -0.39 is 5.97 Å². The van der Waals surface area contributed by atoms with Crippen molar-refractivity contribution in [2.24, 2.45) is 5.92 Å². The van der Waals surface area contributed by atoms with E-state index in [4.69, 9.17) is 9.47 Å². The second-order valence-electron chi connectivity index (χ2n) is 6.77. The lowest BCUT2D eigenvalue weighted by Gasteiger charge is -2.14. The fourth-order valence-electron chi connectivity index (χ4n) is 3.53. The van der Waals surface area contributed by atoms with Gasteiger partial charge in [0.1, 0.15) is 11.5 Å². The van der Waals surface area contributed by atoms with Crippen molar-refractivity contribution >= 4 is 22.7 Å². The van der Waals surface area contributed by atoms with Crippen LogP contribution in [0.2, 0.25) is 0 Å². The second-order valence-corrected chi connectivity index (χ2v) is 6.77. The van der Waals surface area contributed by atoms with Crippen LogP contribution in [0.4, 0.5) is 0 Å². The number of hydrogen-bond acceptors (Lipinski definition) is 4. The number of hydrogen-bond donors (Lipinski definition) is 0. The van der Waals surface area contributed by atoms with Gasteiger partial charge < -0.3 is 9.47 Å². The molecule has 4 heteroatoms. The molecule has 0 atom stereocenters. The third-order valence-corrected chi connectivity index (χ3v) is 4.94. The zero-order valence-electron chi connectivity index (χ0n) is 14.9. The molecule has 0 unspecified atom stereocenters. The first kappa shape index (κ1) is 17.3. The van der Waals surface area contributed by atoms with Crippen LogP contribution in [0.5, 0.6) is 11.5 Å². The maximum absolute atomic E-state index is 12.5. The molecule has 1 aliphatic carbocycles. The largest absolute Gasteiger partial charge is 0.426 e. The third kappa shape index (κ3) is 3.70. The van der Waals surface area contributed by atoms with E-state index >= 15 is 0 Å². The van der Waals surface area contributed by atoms with Crippen LogP contribution in [0.1, 0.15) is 36.0 Å². The molecule has 1 saturated carbocycles. The topological polar surface area (TPSA) is 52.6 Å². The summed E-state index contributed by atoms with van der Waals surface area (Å²) < 4.78 is 11.3. The average molecular weight is 360 g/mol. The first-order valence-corrected chi connectivity index (χ1v) is 9.23. The molecule has 0 heterocycles. The molecular formula is C23H20O4. The molecule has 4 rings (SSSR count). The molecular weight excluding hydrogens is 340 g/mol. The number of carbonyl (C=O) groups excluding carboxylic acids is 2. The first-order valence-electron chi connectivity index (χ1n) is 9.23. The van der Waals surface area contributed by atoms with Gasteiger partial charge in [0.2, 0.25) is 0 Å². The number of benzene rings is 3. The fourth-order valence-corrected chi connectivity index (χ4v) is 3.53. The van der Waals surface area contributed by atoms with E-state index in [0.717, 1.165) is 31.1 Å². The summed E-state index contributed by atoms with van der Waals surface area (Å²) in [5.74, 6) is 0.125. The van der Waals surface area contributed by atoms with Crippen LogP contribution in [0.3, 0.4) is 0 Å². The van der Waals surface area contributed by atoms with Gasteiger partial charge >= 0.3 is 11.9 Å². The molecule has 136 valence electrons. The van der Waals surface area contributed by atoms with Gasteiger partial charge in [0.25, 0.3) is 0 Å². The minimum atomic E-state index is -0.444. The molecule has 0 saturated heterocycles. The van der Waals surface area contributed by atoms with Crippen LogP contribution in [-0.4, -0.2) is 11.9 Å². The van der Waals surface area contributed by atoms with Crippen molar-refractivity contribution in [2.45, 2.75) is 25.7 Å². The second kappa shape index (κ2) is 7.62. The van der Waals surface area contributed by atoms with Crippen molar-refractivity contribution in [3.8, 4) is 11.5 Å². The van der Waals surface area contributed by atoms with Gasteiger partial charge in [0, 0.05) is 0 Å². The smallest absolute Gasteiger partial charge is 0.343 e. The van der Waals surface area contributed by atoms with Crippen LogP contribution < -0.4 is 9.47 Å². The normalized spacial score (nSPS) is 14.2. The Kier molecular flexibility index (Phi) is 4.88. The lowest BCUT2D eigenvalue weighted by molar-refractivity contribution is -0.138. The van der Waals surface area contributed by atoms with Crippen LogP contribution in [0, 0.1) is 5.92 Å². The van der Waals surface area contributed by atoms with E-state index in [1.54, 1.807) is 36.4 Å². The summed E-state index contributed by atoms with van der Waals surface area (Å²) in [5.41, 5.74) is 0.468. The Balaban J connectivity index is 1.66. The summed E-state index contributed by atoms with van der Waals surface area (Å²) in [6, 6.07) is 19.7. The number of esters is 2. The van der Waals surface area contributed by atoms with E-state index in [2.05, 4.69) is 0 Å². The monoisotopic (exact) mass is 360 g/mol. The summed E-state index contributed by atoms with van der Waals surface area (Å²) in [6.45, 7) is 0. The van der Waals surface area contributed by atoms with E-state index in [1.165, 1.54) is 0 Å². The highest BCUT2D eigenvalue weighted by Crippen LogP contribution is 2.36. The van der Waals surface area contributed by atoms with Crippen molar-refractivity contribution in [1.82, 2.24) is 0 Å². The fraction of sp³-hybridized carbons (Fsp3) is 0.217. The Labute approximate surface area is 157 Å². The SMILES string of the molecule is O=C(Oc1cccc2cccc(OC(=O)C3CCCC3)c12)c1ccccc1. The van der Waals surface area contributed by atoms with E-state index in [1.807, 2.05) is 30.3 Å². The maximum Gasteiger partial charge on any atom is 0.343 e. The average Bonchev–Trinajstić information content (AvgIpc) is 3.24. The van der Waals surface area contributed by atoms with Gasteiger partial charge in [0.05, 0.1) is 16.9 Å². The van der Waals surface area contributed by atoms with Gasteiger partial charge in [-0.05, 0) is 42.5 Å². The molecule has 0 aliphatic heterocycles. The predicted octanol–water partition coefficient (Wildman–Crippen LogP) is 5.15. The summed E-state index contributed by atoms with van der Waals surface area (Å²) in [6.07, 6.45) is 3.88. The molecule has 1 fully saturated rings. The molecule has 0 spiro atoms. The minimum Gasteiger partial charge on any atom is -0.426 e. The van der Waals surface area contributed by atoms with E-state index in [-0.39, 0.29) is 11.9 Å². The van der Waals surface area contributed by atoms with Gasteiger partial charge in [-0.25, -0.2) is 4.79 Å². The van der Waals surface area contributed by atoms with Crippen LogP contribution in [-0.2, 0) is 4.79 Å². The van der Waals surface area contributed by atoms with Crippen LogP contribution in [0.15, 0.2) is 66.7 Å². The molecule has 4 nitrogen and oxygen atoms in total. The van der Waals surface area contributed by atoms with Crippen molar-refractivity contribution in [3.05, 3.63) is 72.3 Å². The quantitative estimate of drug-likeness (QED) is 0.477. The first-order chi connectivity index (χ1) is 13.2. The molecule has 3 aromatic carbocycles. The van der Waals surface area contributed by atoms with Crippen molar-refractivity contribution in [2.75, 3.05) is 0 Å². The summed E-state index contributed by atoms with van der Waals surface area (Å²) in [7, 11) is 0. The van der Waals surface area contributed by atoms with Gasteiger partial charge in [-0.15, -0.1) is 0 Å². The number of fused-ring (bicyclic) bond motifs is 1. The molecule has 3 aromatic rings. The van der Waals surface area contributed by atoms with E-state index in [0.29, 0.717) is 22.4 Å². The Morgan fingerprint density at radius 1 is 0.741 bits per heavy atom. The molecule has 27 heavy (non-hydrogen) atoms. The van der Waals surface area contributed by atoms with Crippen molar-refractivity contribution in [3.63, 3.8) is 0 Å². The Morgan fingerprint density at radius 2 is 1.37 bits per heavy atom. The van der Waals surface area contributed by atoms with Gasteiger partial charge in [-0.1, -0.05) is 55.3 Å². The third-order valence-electron chi connectivity index (χ3n) is 4.94. The summed E-state index contributed by atoms with van der Waals surface area (Å²) in [4.78, 5) is 25.0. The van der Waals surface area contributed by atoms with Gasteiger partial charge in [0.15, 0.2) is 0 Å². The highest BCUT2D eigenvalue weighted by molar-refractivity contribution is 5.99. The molecule has 0 amide bonds. The van der Waals surface area contributed by atoms with Crippen LogP contribution >= 0.6 is 0 Å². The minimum absolute atomic E-state index is 0.0423. The maximum atomic E-state index is 12.5. The zero-order chi connectivity index (χ0) is 18.6. The lowest BCUT2D eigenvalue weighted by atomic mass is 10.1. The molecule has 1 aliphatic rings. The highest BCUT2D eigenvalue weighted by Gasteiger charge is 2.25. The van der Waals surface area contributed by atoms with E-state index in [9.17, 15) is 9.59 Å². The number of carbonyl (C=O) groups is 2. The number of rotatable bonds is 4. The Hall–Kier alpha value is -3.14. The Bertz CT molecular complexity index is 967. The van der Waals surface area contributed by atoms with Crippen molar-refractivity contribution < 1.29 is 19.1 Å². The summed E-state index contributed by atoms with van der Waals surface area (Å²) >= 11 is 0. The zero-order valence-corrected chi connectivity index (χ0v) is 14.9. The standard InChI is InChI=1S/C23H20O4/c24-22(17-8-2-1-3-9-17)26-19-14-6-12-16-13-7-15-20(21(16)19)27-23(25)18-10-4-5-11-18/h1-3,6-9,12-15,18H,4-5,10-11H2. The van der Waals surface area contributed by atoms with Crippen LogP contribution in [0.25, 0.3) is 10.8 Å². The molecule has 0 bridgehead atoms. The number of ether oxygens (including phenoxy) is 2.